The van der Waals surface area contributed by atoms with Crippen molar-refractivity contribution < 1.29 is 9.53 Å². The number of benzene rings is 2. The fourth-order valence-electron chi connectivity index (χ4n) is 1.79. The van der Waals surface area contributed by atoms with Gasteiger partial charge in [0.05, 0.1) is 4.90 Å². The zero-order chi connectivity index (χ0) is 14.1. The van der Waals surface area contributed by atoms with E-state index in [4.69, 9.17) is 4.74 Å². The minimum atomic E-state index is -0.386. The first-order chi connectivity index (χ1) is 9.65. The first kappa shape index (κ1) is 13.3. The minimum Gasteiger partial charge on any atom is -0.422 e. The lowest BCUT2D eigenvalue weighted by Crippen LogP contribution is -2.09. The molecule has 1 aliphatic rings. The minimum absolute atomic E-state index is 0.386. The molecule has 0 fully saturated rings. The van der Waals surface area contributed by atoms with E-state index < -0.39 is 0 Å². The molecule has 4 heteroatoms. The highest BCUT2D eigenvalue weighted by Crippen LogP contribution is 2.51. The fraction of sp³-hybridized carbons (Fsp3) is 0.0625. The van der Waals surface area contributed by atoms with E-state index >= 15 is 0 Å². The Morgan fingerprint density at radius 1 is 1.00 bits per heavy atom. The molecule has 0 aromatic heterocycles. The van der Waals surface area contributed by atoms with Gasteiger partial charge in [-0.3, -0.25) is 0 Å². The maximum absolute atomic E-state index is 11.7. The Hall–Kier alpha value is -1.65. The van der Waals surface area contributed by atoms with Crippen molar-refractivity contribution in [2.24, 2.45) is 0 Å². The maximum Gasteiger partial charge on any atom is 0.338 e. The lowest BCUT2D eigenvalue weighted by atomic mass is 10.3. The van der Waals surface area contributed by atoms with E-state index in [1.54, 1.807) is 30.4 Å². The number of fused-ring (bicyclic) bond motifs is 2. The Labute approximate surface area is 126 Å². The van der Waals surface area contributed by atoms with Crippen molar-refractivity contribution in [3.05, 3.63) is 54.6 Å². The van der Waals surface area contributed by atoms with Gasteiger partial charge in [-0.2, -0.15) is 0 Å². The number of esters is 1. The molecule has 0 radical (unpaired) electrons. The predicted octanol–water partition coefficient (Wildman–Crippen LogP) is 4.78. The molecule has 0 saturated carbocycles. The smallest absolute Gasteiger partial charge is 0.338 e. The molecule has 0 unspecified atom stereocenters. The second kappa shape index (κ2) is 5.38. The van der Waals surface area contributed by atoms with E-state index in [2.05, 4.69) is 18.7 Å². The van der Waals surface area contributed by atoms with Crippen LogP contribution in [0.4, 0.5) is 0 Å². The SMILES string of the molecule is C=C(C)C(=O)Oc1cccc2c1Sc1ccccc1S2. The summed E-state index contributed by atoms with van der Waals surface area (Å²) in [5.74, 6) is 0.213. The molecule has 0 atom stereocenters. The predicted molar refractivity (Wildman–Crippen MR) is 81.6 cm³/mol. The van der Waals surface area contributed by atoms with Crippen LogP contribution in [0.3, 0.4) is 0 Å². The molecule has 0 aliphatic carbocycles. The highest BCUT2D eigenvalue weighted by atomic mass is 32.2. The van der Waals surface area contributed by atoms with Gasteiger partial charge in [0.15, 0.2) is 0 Å². The summed E-state index contributed by atoms with van der Waals surface area (Å²) in [7, 11) is 0. The average Bonchev–Trinajstić information content (AvgIpc) is 2.45. The first-order valence-electron chi connectivity index (χ1n) is 6.10. The summed E-state index contributed by atoms with van der Waals surface area (Å²) in [6.07, 6.45) is 0. The van der Waals surface area contributed by atoms with Gasteiger partial charge in [0.25, 0.3) is 0 Å². The van der Waals surface area contributed by atoms with Crippen molar-refractivity contribution in [3.63, 3.8) is 0 Å². The second-order valence-corrected chi connectivity index (χ2v) is 6.54. The Balaban J connectivity index is 1.98. The maximum atomic E-state index is 11.7. The highest BCUT2D eigenvalue weighted by Gasteiger charge is 2.21. The highest BCUT2D eigenvalue weighted by molar-refractivity contribution is 8.05. The van der Waals surface area contributed by atoms with Crippen LogP contribution in [0, 0.1) is 0 Å². The van der Waals surface area contributed by atoms with Gasteiger partial charge >= 0.3 is 5.97 Å². The van der Waals surface area contributed by atoms with E-state index in [-0.39, 0.29) is 5.97 Å². The van der Waals surface area contributed by atoms with Gasteiger partial charge in [0.1, 0.15) is 5.75 Å². The summed E-state index contributed by atoms with van der Waals surface area (Å²) in [6.45, 7) is 5.26. The third kappa shape index (κ3) is 2.49. The van der Waals surface area contributed by atoms with E-state index in [0.29, 0.717) is 11.3 Å². The Bertz CT molecular complexity index is 707. The Kier molecular flexibility index (Phi) is 3.59. The summed E-state index contributed by atoms with van der Waals surface area (Å²) in [6, 6.07) is 14.0. The molecule has 2 nitrogen and oxygen atoms in total. The third-order valence-corrected chi connectivity index (χ3v) is 5.37. The van der Waals surface area contributed by atoms with Crippen LogP contribution in [0.1, 0.15) is 6.92 Å². The van der Waals surface area contributed by atoms with Crippen LogP contribution < -0.4 is 4.74 Å². The van der Waals surface area contributed by atoms with Crippen molar-refractivity contribution in [1.82, 2.24) is 0 Å². The van der Waals surface area contributed by atoms with Crippen LogP contribution in [-0.2, 0) is 4.79 Å². The first-order valence-corrected chi connectivity index (χ1v) is 7.74. The molecular formula is C16H12O2S2. The summed E-state index contributed by atoms with van der Waals surface area (Å²) < 4.78 is 5.42. The van der Waals surface area contributed by atoms with Gasteiger partial charge in [-0.25, -0.2) is 4.79 Å². The fourth-order valence-corrected chi connectivity index (χ4v) is 4.10. The molecule has 0 spiro atoms. The van der Waals surface area contributed by atoms with E-state index in [9.17, 15) is 4.79 Å². The summed E-state index contributed by atoms with van der Waals surface area (Å²) in [5, 5.41) is 0. The molecule has 2 aromatic carbocycles. The van der Waals surface area contributed by atoms with Crippen molar-refractivity contribution in [2.45, 2.75) is 26.5 Å². The van der Waals surface area contributed by atoms with Gasteiger partial charge < -0.3 is 4.74 Å². The molecule has 0 bridgehead atoms. The van der Waals surface area contributed by atoms with Crippen molar-refractivity contribution >= 4 is 29.5 Å². The van der Waals surface area contributed by atoms with Gasteiger partial charge in [0.2, 0.25) is 0 Å². The lowest BCUT2D eigenvalue weighted by molar-refractivity contribution is -0.130. The van der Waals surface area contributed by atoms with Crippen LogP contribution in [-0.4, -0.2) is 5.97 Å². The molecule has 1 heterocycles. The molecule has 100 valence electrons. The quantitative estimate of drug-likeness (QED) is 0.386. The molecule has 0 amide bonds. The van der Waals surface area contributed by atoms with Crippen LogP contribution in [0.2, 0.25) is 0 Å². The lowest BCUT2D eigenvalue weighted by Gasteiger charge is -2.20. The largest absolute Gasteiger partial charge is 0.422 e. The molecule has 0 saturated heterocycles. The Morgan fingerprint density at radius 3 is 2.35 bits per heavy atom. The zero-order valence-corrected chi connectivity index (χ0v) is 12.5. The Morgan fingerprint density at radius 2 is 1.65 bits per heavy atom. The number of hydrogen-bond donors (Lipinski definition) is 0. The van der Waals surface area contributed by atoms with Gasteiger partial charge in [-0.05, 0) is 31.2 Å². The average molecular weight is 300 g/mol. The standard InChI is InChI=1S/C16H12O2S2/c1-10(2)16(17)18-11-6-5-9-14-15(11)20-13-8-4-3-7-12(13)19-14/h3-9H,1H2,2H3. The molecule has 1 aliphatic heterocycles. The molecule has 20 heavy (non-hydrogen) atoms. The van der Waals surface area contributed by atoms with Crippen LogP contribution in [0.25, 0.3) is 0 Å². The number of carbonyl (C=O) groups is 1. The summed E-state index contributed by atoms with van der Waals surface area (Å²) in [5.41, 5.74) is 0.400. The summed E-state index contributed by atoms with van der Waals surface area (Å²) >= 11 is 3.33. The summed E-state index contributed by atoms with van der Waals surface area (Å²) in [4.78, 5) is 16.2. The molecule has 0 N–H and O–H groups in total. The zero-order valence-electron chi connectivity index (χ0n) is 10.9. The number of ether oxygens (including phenoxy) is 1. The normalized spacial score (nSPS) is 12.2. The van der Waals surface area contributed by atoms with E-state index in [0.717, 1.165) is 9.79 Å². The second-order valence-electron chi connectivity index (χ2n) is 4.40. The van der Waals surface area contributed by atoms with Crippen LogP contribution in [0.5, 0.6) is 5.75 Å². The van der Waals surface area contributed by atoms with E-state index in [1.165, 1.54) is 9.79 Å². The number of carbonyl (C=O) groups excluding carboxylic acids is 1. The van der Waals surface area contributed by atoms with Crippen molar-refractivity contribution in [1.29, 1.82) is 0 Å². The molecular weight excluding hydrogens is 288 g/mol. The number of rotatable bonds is 2. The molecule has 2 aromatic rings. The van der Waals surface area contributed by atoms with Crippen LogP contribution >= 0.6 is 23.5 Å². The van der Waals surface area contributed by atoms with Crippen LogP contribution in [0.15, 0.2) is 74.2 Å². The van der Waals surface area contributed by atoms with E-state index in [1.807, 2.05) is 30.3 Å². The molecule has 3 rings (SSSR count). The number of hydrogen-bond acceptors (Lipinski definition) is 4. The third-order valence-electron chi connectivity index (χ3n) is 2.77. The van der Waals surface area contributed by atoms with Gasteiger partial charge in [0, 0.05) is 20.3 Å². The van der Waals surface area contributed by atoms with Crippen molar-refractivity contribution in [3.8, 4) is 5.75 Å². The van der Waals surface area contributed by atoms with Crippen molar-refractivity contribution in [2.75, 3.05) is 0 Å². The van der Waals surface area contributed by atoms with Gasteiger partial charge in [-0.15, -0.1) is 0 Å². The van der Waals surface area contributed by atoms with Gasteiger partial charge in [-0.1, -0.05) is 48.3 Å². The monoisotopic (exact) mass is 300 g/mol. The topological polar surface area (TPSA) is 26.3 Å².